The number of benzene rings is 2. The van der Waals surface area contributed by atoms with Crippen LogP contribution in [-0.2, 0) is 0 Å². The molecule has 3 rings (SSSR count). The van der Waals surface area contributed by atoms with Crippen LogP contribution in [0.15, 0.2) is 42.5 Å². The third-order valence-corrected chi connectivity index (χ3v) is 4.75. The smallest absolute Gasteiger partial charge is 0.173 e. The maximum atomic E-state index is 9.63. The molecule has 0 radical (unpaired) electrons. The molecule has 1 fully saturated rings. The molecule has 1 aliphatic heterocycles. The van der Waals surface area contributed by atoms with Crippen LogP contribution in [0.2, 0.25) is 0 Å². The molecule has 1 heterocycles. The van der Waals surface area contributed by atoms with Gasteiger partial charge in [0.25, 0.3) is 0 Å². The van der Waals surface area contributed by atoms with E-state index in [4.69, 9.17) is 12.2 Å². The van der Waals surface area contributed by atoms with E-state index in [0.717, 1.165) is 42.7 Å². The highest BCUT2D eigenvalue weighted by Gasteiger charge is 2.19. The van der Waals surface area contributed by atoms with Crippen molar-refractivity contribution < 1.29 is 5.11 Å². The van der Waals surface area contributed by atoms with Crippen LogP contribution in [0, 0.1) is 13.8 Å². The fourth-order valence-corrected chi connectivity index (χ4v) is 3.30. The summed E-state index contributed by atoms with van der Waals surface area (Å²) in [4.78, 5) is 4.48. The molecule has 0 saturated carbocycles. The van der Waals surface area contributed by atoms with E-state index < -0.39 is 0 Å². The zero-order valence-corrected chi connectivity index (χ0v) is 14.9. The van der Waals surface area contributed by atoms with E-state index >= 15 is 0 Å². The van der Waals surface area contributed by atoms with Crippen LogP contribution in [0.3, 0.4) is 0 Å². The van der Waals surface area contributed by atoms with Crippen molar-refractivity contribution in [3.05, 3.63) is 53.6 Å². The van der Waals surface area contributed by atoms with Crippen molar-refractivity contribution in [3.63, 3.8) is 0 Å². The van der Waals surface area contributed by atoms with Crippen molar-refractivity contribution in [1.29, 1.82) is 0 Å². The SMILES string of the molecule is Cc1ccc(NC(=S)N2CCN(c3cccc(O)c3)CC2)c(C)c1. The Balaban J connectivity index is 1.59. The molecule has 0 amide bonds. The van der Waals surface area contributed by atoms with E-state index in [0.29, 0.717) is 5.75 Å². The van der Waals surface area contributed by atoms with Gasteiger partial charge in [0.15, 0.2) is 5.11 Å². The van der Waals surface area contributed by atoms with Gasteiger partial charge < -0.3 is 20.2 Å². The molecule has 0 unspecified atom stereocenters. The van der Waals surface area contributed by atoms with Crippen molar-refractivity contribution in [2.75, 3.05) is 36.4 Å². The van der Waals surface area contributed by atoms with Gasteiger partial charge in [0.2, 0.25) is 0 Å². The van der Waals surface area contributed by atoms with Crippen LogP contribution in [0.4, 0.5) is 11.4 Å². The molecule has 2 aromatic rings. The maximum Gasteiger partial charge on any atom is 0.173 e. The second-order valence-corrected chi connectivity index (χ2v) is 6.63. The Bertz CT molecular complexity index is 739. The first kappa shape index (κ1) is 16.6. The van der Waals surface area contributed by atoms with Gasteiger partial charge in [0.1, 0.15) is 5.75 Å². The molecule has 5 heteroatoms. The van der Waals surface area contributed by atoms with Crippen LogP contribution >= 0.6 is 12.2 Å². The van der Waals surface area contributed by atoms with Crippen molar-refractivity contribution >= 4 is 28.7 Å². The molecule has 2 N–H and O–H groups in total. The number of thiocarbonyl (C=S) groups is 1. The molecule has 0 atom stereocenters. The van der Waals surface area contributed by atoms with E-state index in [1.165, 1.54) is 11.1 Å². The summed E-state index contributed by atoms with van der Waals surface area (Å²) in [7, 11) is 0. The highest BCUT2D eigenvalue weighted by molar-refractivity contribution is 7.80. The molecule has 0 bridgehead atoms. The Morgan fingerprint density at radius 1 is 1.04 bits per heavy atom. The van der Waals surface area contributed by atoms with E-state index in [-0.39, 0.29) is 0 Å². The predicted octanol–water partition coefficient (Wildman–Crippen LogP) is 3.53. The molecular formula is C19H23N3OS. The monoisotopic (exact) mass is 341 g/mol. The van der Waals surface area contributed by atoms with Gasteiger partial charge in [-0.05, 0) is 49.8 Å². The number of hydrogen-bond acceptors (Lipinski definition) is 3. The minimum atomic E-state index is 0.307. The average molecular weight is 341 g/mol. The van der Waals surface area contributed by atoms with E-state index in [1.807, 2.05) is 18.2 Å². The van der Waals surface area contributed by atoms with E-state index in [1.54, 1.807) is 6.07 Å². The summed E-state index contributed by atoms with van der Waals surface area (Å²) in [5.41, 5.74) is 4.59. The van der Waals surface area contributed by atoms with Crippen LogP contribution in [0.25, 0.3) is 0 Å². The summed E-state index contributed by atoms with van der Waals surface area (Å²) in [5, 5.41) is 13.8. The zero-order valence-electron chi connectivity index (χ0n) is 14.1. The number of hydrogen-bond donors (Lipinski definition) is 2. The van der Waals surface area contributed by atoms with Crippen molar-refractivity contribution in [3.8, 4) is 5.75 Å². The number of aromatic hydroxyl groups is 1. The number of phenolic OH excluding ortho intramolecular Hbond substituents is 1. The molecular weight excluding hydrogens is 318 g/mol. The largest absolute Gasteiger partial charge is 0.508 e. The Hall–Kier alpha value is -2.27. The van der Waals surface area contributed by atoms with Gasteiger partial charge in [0.05, 0.1) is 0 Å². The summed E-state index contributed by atoms with van der Waals surface area (Å²) < 4.78 is 0. The Labute approximate surface area is 148 Å². The van der Waals surface area contributed by atoms with Gasteiger partial charge in [-0.1, -0.05) is 23.8 Å². The topological polar surface area (TPSA) is 38.7 Å². The van der Waals surface area contributed by atoms with Gasteiger partial charge in [-0.25, -0.2) is 0 Å². The van der Waals surface area contributed by atoms with E-state index in [2.05, 4.69) is 47.2 Å². The van der Waals surface area contributed by atoms with Crippen molar-refractivity contribution in [2.24, 2.45) is 0 Å². The van der Waals surface area contributed by atoms with E-state index in [9.17, 15) is 5.11 Å². The second-order valence-electron chi connectivity index (χ2n) is 6.24. The summed E-state index contributed by atoms with van der Waals surface area (Å²) in [6.45, 7) is 7.70. The number of phenols is 1. The summed E-state index contributed by atoms with van der Waals surface area (Å²) in [5.74, 6) is 0.307. The fourth-order valence-electron chi connectivity index (χ4n) is 3.01. The number of aryl methyl sites for hydroxylation is 2. The second kappa shape index (κ2) is 7.09. The number of rotatable bonds is 2. The maximum absolute atomic E-state index is 9.63. The number of anilines is 2. The number of nitrogens with one attached hydrogen (secondary N) is 1. The Morgan fingerprint density at radius 3 is 2.46 bits per heavy atom. The Kier molecular flexibility index (Phi) is 4.90. The molecule has 126 valence electrons. The lowest BCUT2D eigenvalue weighted by Gasteiger charge is -2.37. The third kappa shape index (κ3) is 3.79. The number of piperazine rings is 1. The first-order valence-electron chi connectivity index (χ1n) is 8.20. The molecule has 1 saturated heterocycles. The van der Waals surface area contributed by atoms with Gasteiger partial charge >= 0.3 is 0 Å². The molecule has 0 spiro atoms. The predicted molar refractivity (Wildman–Crippen MR) is 104 cm³/mol. The van der Waals surface area contributed by atoms with Crippen LogP contribution in [0.1, 0.15) is 11.1 Å². The quantitative estimate of drug-likeness (QED) is 0.818. The zero-order chi connectivity index (χ0) is 17.1. The molecule has 2 aromatic carbocycles. The lowest BCUT2D eigenvalue weighted by atomic mass is 10.1. The van der Waals surface area contributed by atoms with Gasteiger partial charge in [0, 0.05) is 43.6 Å². The number of nitrogens with zero attached hydrogens (tertiary/aromatic N) is 2. The average Bonchev–Trinajstić information content (AvgIpc) is 2.57. The molecule has 1 aliphatic rings. The lowest BCUT2D eigenvalue weighted by molar-refractivity contribution is 0.390. The van der Waals surface area contributed by atoms with Crippen LogP contribution in [-0.4, -0.2) is 41.3 Å². The first-order chi connectivity index (χ1) is 11.5. The molecule has 4 nitrogen and oxygen atoms in total. The minimum Gasteiger partial charge on any atom is -0.508 e. The van der Waals surface area contributed by atoms with Gasteiger partial charge in [-0.15, -0.1) is 0 Å². The first-order valence-corrected chi connectivity index (χ1v) is 8.61. The highest BCUT2D eigenvalue weighted by atomic mass is 32.1. The third-order valence-electron chi connectivity index (χ3n) is 4.39. The van der Waals surface area contributed by atoms with Crippen LogP contribution in [0.5, 0.6) is 5.75 Å². The van der Waals surface area contributed by atoms with Crippen LogP contribution < -0.4 is 10.2 Å². The summed E-state index contributed by atoms with van der Waals surface area (Å²) >= 11 is 5.58. The van der Waals surface area contributed by atoms with Gasteiger partial charge in [-0.3, -0.25) is 0 Å². The summed E-state index contributed by atoms with van der Waals surface area (Å²) in [6, 6.07) is 13.7. The highest BCUT2D eigenvalue weighted by Crippen LogP contribution is 2.22. The summed E-state index contributed by atoms with van der Waals surface area (Å²) in [6.07, 6.45) is 0. The normalized spacial score (nSPS) is 14.6. The fraction of sp³-hybridized carbons (Fsp3) is 0.316. The lowest BCUT2D eigenvalue weighted by Crippen LogP contribution is -2.50. The molecule has 0 aliphatic carbocycles. The van der Waals surface area contributed by atoms with Crippen molar-refractivity contribution in [1.82, 2.24) is 4.90 Å². The molecule has 24 heavy (non-hydrogen) atoms. The minimum absolute atomic E-state index is 0.307. The Morgan fingerprint density at radius 2 is 1.79 bits per heavy atom. The van der Waals surface area contributed by atoms with Crippen molar-refractivity contribution in [2.45, 2.75) is 13.8 Å². The molecule has 0 aromatic heterocycles. The van der Waals surface area contributed by atoms with Gasteiger partial charge in [-0.2, -0.15) is 0 Å². The standard InChI is InChI=1S/C19H23N3OS/c1-14-6-7-18(15(2)12-14)20-19(24)22-10-8-21(9-11-22)16-4-3-5-17(23)13-16/h3-7,12-13,23H,8-11H2,1-2H3,(H,20,24).